The predicted molar refractivity (Wildman–Crippen MR) is 156 cm³/mol. The van der Waals surface area contributed by atoms with Gasteiger partial charge in [0.15, 0.2) is 12.5 Å². The Kier molecular flexibility index (Phi) is 19.1. The molecule has 0 aromatic carbocycles. The third-order valence-corrected chi connectivity index (χ3v) is 11.4. The van der Waals surface area contributed by atoms with Gasteiger partial charge in [-0.25, -0.2) is 9.11 Å². The zero-order valence-electron chi connectivity index (χ0n) is 28.6. The van der Waals surface area contributed by atoms with E-state index < -0.39 is 151 Å². The van der Waals surface area contributed by atoms with Crippen LogP contribution >= 0.6 is 15.6 Å². The van der Waals surface area contributed by atoms with Crippen LogP contribution in [-0.4, -0.2) is 162 Å². The van der Waals surface area contributed by atoms with E-state index >= 15 is 0 Å². The maximum Gasteiger partial charge on any atom is 1.00 e. The summed E-state index contributed by atoms with van der Waals surface area (Å²) in [5.74, 6) is -1.22. The molecule has 3 fully saturated rings. The fraction of sp³-hybridized carbons (Fsp3) is 0.840. The van der Waals surface area contributed by atoms with Crippen molar-refractivity contribution < 1.29 is 156 Å². The molecular formula is C25H40N2Na2O22P2. The molecule has 0 saturated carbocycles. The molecule has 16 atom stereocenters. The number of hydrogen-bond donors (Lipinski definition) is 10. The van der Waals surface area contributed by atoms with Gasteiger partial charge in [0.25, 0.3) is 21.2 Å². The Hall–Kier alpha value is 0.420. The molecule has 0 spiro atoms. The second kappa shape index (κ2) is 20.4. The molecule has 24 nitrogen and oxygen atoms in total. The van der Waals surface area contributed by atoms with Crippen LogP contribution in [0.5, 0.6) is 0 Å². The number of H-pyrrole nitrogens is 1. The molecule has 294 valence electrons. The minimum Gasteiger partial charge on any atom is -0.756 e. The van der Waals surface area contributed by atoms with Gasteiger partial charge in [-0.15, -0.1) is 0 Å². The molecule has 28 heteroatoms. The Morgan fingerprint density at radius 3 is 2.04 bits per heavy atom. The van der Waals surface area contributed by atoms with Crippen molar-refractivity contribution in [3.8, 4) is 0 Å². The summed E-state index contributed by atoms with van der Waals surface area (Å²) in [4.78, 5) is 50.5. The average Bonchev–Trinajstić information content (AvgIpc) is 3.35. The quantitative estimate of drug-likeness (QED) is 0.0579. The maximum absolute atomic E-state index is 12.7. The molecular weight excluding hydrogens is 788 g/mol. The number of nitrogens with one attached hydrogen (secondary N) is 1. The first kappa shape index (κ1) is 49.6. The van der Waals surface area contributed by atoms with Gasteiger partial charge in [0.1, 0.15) is 60.5 Å². The smallest absolute Gasteiger partial charge is 0.756 e. The molecule has 10 N–H and O–H groups in total. The second-order valence-electron chi connectivity index (χ2n) is 12.1. The summed E-state index contributed by atoms with van der Waals surface area (Å²) in [7, 11) is -10.8. The first-order valence-electron chi connectivity index (χ1n) is 15.2. The second-order valence-corrected chi connectivity index (χ2v) is 15.0. The Morgan fingerprint density at radius 2 is 1.45 bits per heavy atom. The minimum absolute atomic E-state index is 0. The van der Waals surface area contributed by atoms with Crippen molar-refractivity contribution in [1.29, 1.82) is 0 Å². The fourth-order valence-corrected chi connectivity index (χ4v) is 8.12. The summed E-state index contributed by atoms with van der Waals surface area (Å²) >= 11 is 0. The Morgan fingerprint density at radius 1 is 0.849 bits per heavy atom. The number of phosphoric acid groups is 2. The Balaban J connectivity index is 0.00000486. The maximum atomic E-state index is 12.7. The van der Waals surface area contributed by atoms with E-state index in [4.69, 9.17) is 23.5 Å². The molecule has 1 aromatic rings. The van der Waals surface area contributed by atoms with E-state index in [2.05, 4.69) is 8.83 Å². The standard InChI is InChI=1S/C25H42N2O22P2.2Na/c1-43-23-16(32)10(15(31)11(6-28)47-23)2-4-25(21(37)19(35)17(33)12(7-29)48-25)9-45-51(41,42)49-50(39,40)44-8-13-18(34)20(36)22(46-13)27-5-3-14(30)26-24(27)38;;/h3,5,10-13,15-23,28-29,31-37H,2,4,6-9H2,1H3,(H,39,40)(H,41,42)(H,26,30,38);;/q;2*+1/p-2/t10-,11+,12+,13+,15+,16+,17-,18+,19-,20+,21+,22+,23+,25-;;/m0../s1. The van der Waals surface area contributed by atoms with Gasteiger partial charge in [-0.2, -0.15) is 0 Å². The third-order valence-electron chi connectivity index (χ3n) is 8.84. The van der Waals surface area contributed by atoms with Crippen LogP contribution in [0.25, 0.3) is 0 Å². The largest absolute Gasteiger partial charge is 1.00 e. The molecule has 3 saturated heterocycles. The number of aromatic nitrogens is 2. The van der Waals surface area contributed by atoms with Gasteiger partial charge in [0.2, 0.25) is 0 Å². The van der Waals surface area contributed by atoms with Crippen LogP contribution in [0.1, 0.15) is 19.1 Å². The van der Waals surface area contributed by atoms with Crippen molar-refractivity contribution in [3.05, 3.63) is 33.1 Å². The van der Waals surface area contributed by atoms with E-state index in [1.54, 1.807) is 0 Å². The van der Waals surface area contributed by atoms with E-state index in [0.29, 0.717) is 4.57 Å². The zero-order valence-corrected chi connectivity index (χ0v) is 34.4. The molecule has 4 heterocycles. The molecule has 0 bridgehead atoms. The number of ether oxygens (including phenoxy) is 4. The fourth-order valence-electron chi connectivity index (χ4n) is 6.06. The van der Waals surface area contributed by atoms with E-state index in [0.717, 1.165) is 19.4 Å². The summed E-state index contributed by atoms with van der Waals surface area (Å²) in [5.41, 5.74) is -4.25. The van der Waals surface area contributed by atoms with E-state index in [1.807, 2.05) is 4.98 Å². The molecule has 3 aliphatic rings. The number of hydrogen-bond acceptors (Lipinski definition) is 22. The van der Waals surface area contributed by atoms with Crippen molar-refractivity contribution in [2.24, 2.45) is 5.92 Å². The molecule has 3 aliphatic heterocycles. The van der Waals surface area contributed by atoms with Crippen LogP contribution in [0.3, 0.4) is 0 Å². The van der Waals surface area contributed by atoms with Crippen molar-refractivity contribution in [2.45, 2.75) is 92.0 Å². The van der Waals surface area contributed by atoms with Crippen LogP contribution in [0.15, 0.2) is 21.9 Å². The number of nitrogens with zero attached hydrogens (tertiary/aromatic N) is 1. The first-order valence-corrected chi connectivity index (χ1v) is 18.2. The average molecular weight is 829 g/mol. The molecule has 53 heavy (non-hydrogen) atoms. The number of aliphatic hydroxyl groups excluding tert-OH is 9. The summed E-state index contributed by atoms with van der Waals surface area (Å²) in [6.45, 7) is -4.22. The number of phosphoric ester groups is 2. The van der Waals surface area contributed by atoms with Gasteiger partial charge < -0.3 is 83.7 Å². The van der Waals surface area contributed by atoms with Gasteiger partial charge in [0, 0.05) is 25.3 Å². The molecule has 4 rings (SSSR count). The van der Waals surface area contributed by atoms with Crippen LogP contribution < -0.4 is 80.2 Å². The van der Waals surface area contributed by atoms with Crippen LogP contribution in [0.4, 0.5) is 0 Å². The molecule has 0 radical (unpaired) electrons. The molecule has 1 aromatic heterocycles. The van der Waals surface area contributed by atoms with Crippen molar-refractivity contribution in [2.75, 3.05) is 33.5 Å². The summed E-state index contributed by atoms with van der Waals surface area (Å²) in [6, 6.07) is 0.897. The van der Waals surface area contributed by atoms with Gasteiger partial charge in [-0.1, -0.05) is 0 Å². The summed E-state index contributed by atoms with van der Waals surface area (Å²) < 4.78 is 60.3. The Bertz CT molecular complexity index is 1520. The number of methoxy groups -OCH3 is 1. The SMILES string of the molecule is CO[C@@H]1O[C@H](CO)[C@H](O)[C@H](CC[C@@]2(COP(=O)([O-])OP(=O)([O-])OC[C@H]3O[C@@H](n4ccc(=O)[nH]c4=O)[C@H](O)[C@@H]3O)O[C@H](CO)[C@H](O)[C@H](O)[C@H]2O)[C@H]1O.[Na+].[Na+]. The molecule has 0 aliphatic carbocycles. The Labute approximate surface area is 344 Å². The summed E-state index contributed by atoms with van der Waals surface area (Å²) in [5, 5.41) is 93.1. The molecule has 2 unspecified atom stereocenters. The predicted octanol–water partition coefficient (Wildman–Crippen LogP) is -13.2. The van der Waals surface area contributed by atoms with Gasteiger partial charge in [0.05, 0.1) is 32.5 Å². The summed E-state index contributed by atoms with van der Waals surface area (Å²) in [6.07, 6.45) is -20.8. The van der Waals surface area contributed by atoms with Crippen LogP contribution in [0.2, 0.25) is 0 Å². The number of aromatic amines is 1. The third kappa shape index (κ3) is 11.5. The number of rotatable bonds is 15. The van der Waals surface area contributed by atoms with Crippen molar-refractivity contribution in [3.63, 3.8) is 0 Å². The van der Waals surface area contributed by atoms with E-state index in [9.17, 15) is 74.5 Å². The van der Waals surface area contributed by atoms with E-state index in [-0.39, 0.29) is 59.1 Å². The molecule has 0 amide bonds. The zero-order chi connectivity index (χ0) is 38.1. The number of aliphatic hydroxyl groups is 9. The minimum atomic E-state index is -6.03. The van der Waals surface area contributed by atoms with Crippen LogP contribution in [0, 0.1) is 5.92 Å². The normalized spacial score (nSPS) is 39.7. The monoisotopic (exact) mass is 828 g/mol. The van der Waals surface area contributed by atoms with Crippen LogP contribution in [-0.2, 0) is 41.4 Å². The first-order chi connectivity index (χ1) is 23.8. The van der Waals surface area contributed by atoms with Gasteiger partial charge >= 0.3 is 64.8 Å². The van der Waals surface area contributed by atoms with Gasteiger partial charge in [-0.05, 0) is 12.8 Å². The van der Waals surface area contributed by atoms with Crippen molar-refractivity contribution >= 4 is 15.6 Å². The van der Waals surface area contributed by atoms with E-state index in [1.165, 1.54) is 0 Å². The van der Waals surface area contributed by atoms with Crippen molar-refractivity contribution in [1.82, 2.24) is 9.55 Å². The topological polar surface area (TPSA) is 382 Å². The van der Waals surface area contributed by atoms with Gasteiger partial charge in [-0.3, -0.25) is 23.5 Å².